The number of amides is 1. The van der Waals surface area contributed by atoms with Crippen LogP contribution in [0.1, 0.15) is 24.5 Å². The van der Waals surface area contributed by atoms with E-state index < -0.39 is 18.1 Å². The van der Waals surface area contributed by atoms with Crippen LogP contribution in [0.25, 0.3) is 5.57 Å². The summed E-state index contributed by atoms with van der Waals surface area (Å²) in [4.78, 5) is 49.2. The van der Waals surface area contributed by atoms with Gasteiger partial charge in [0.1, 0.15) is 17.6 Å². The van der Waals surface area contributed by atoms with Crippen molar-refractivity contribution in [2.24, 2.45) is 5.73 Å². The van der Waals surface area contributed by atoms with Gasteiger partial charge >= 0.3 is 0 Å². The van der Waals surface area contributed by atoms with E-state index in [2.05, 4.69) is 10.3 Å². The molecule has 12 heteroatoms. The van der Waals surface area contributed by atoms with Crippen molar-refractivity contribution < 1.29 is 24.2 Å². The van der Waals surface area contributed by atoms with Crippen LogP contribution in [0.15, 0.2) is 79.0 Å². The molecule has 0 bridgehead atoms. The number of Topliss-reactive ketones (excluding diaryl/α,β-unsaturated/α-hetero) is 1. The molecule has 0 radical (unpaired) electrons. The minimum atomic E-state index is -0.833. The summed E-state index contributed by atoms with van der Waals surface area (Å²) in [6.07, 6.45) is 9.82. The van der Waals surface area contributed by atoms with Gasteiger partial charge in [-0.1, -0.05) is 48.6 Å². The second-order valence-electron chi connectivity index (χ2n) is 9.99. The number of carboxylic acids is 1. The van der Waals surface area contributed by atoms with Crippen molar-refractivity contribution in [1.29, 1.82) is 0 Å². The van der Waals surface area contributed by atoms with E-state index in [1.807, 2.05) is 84.0 Å². The number of rotatable bonds is 9. The first-order valence-corrected chi connectivity index (χ1v) is 15.4. The van der Waals surface area contributed by atoms with Crippen LogP contribution in [0.4, 0.5) is 17.5 Å². The lowest BCUT2D eigenvalue weighted by Crippen LogP contribution is -2.49. The summed E-state index contributed by atoms with van der Waals surface area (Å²) in [5.41, 5.74) is 9.21. The number of methoxy groups -OCH3 is 1. The van der Waals surface area contributed by atoms with Gasteiger partial charge in [0.15, 0.2) is 5.78 Å². The van der Waals surface area contributed by atoms with Crippen molar-refractivity contribution in [1.82, 2.24) is 15.3 Å². The summed E-state index contributed by atoms with van der Waals surface area (Å²) in [7, 11) is 1.61. The molecule has 1 unspecified atom stereocenters. The molecule has 0 saturated heterocycles. The SMILES string of the molecule is CC(=O)O.COc1ccc(C2=CC=CC(N3CNCc4cnc(N(C(=O)[C@@H](N)CCSC)c5ccccc5)nc43)C2=O)cc1. The van der Waals surface area contributed by atoms with E-state index in [9.17, 15) is 9.59 Å². The Morgan fingerprint density at radius 2 is 1.91 bits per heavy atom. The van der Waals surface area contributed by atoms with Gasteiger partial charge in [-0.05, 0) is 48.3 Å². The Hall–Kier alpha value is -4.52. The highest BCUT2D eigenvalue weighted by molar-refractivity contribution is 7.98. The van der Waals surface area contributed by atoms with Crippen molar-refractivity contribution >= 4 is 52.4 Å². The Balaban J connectivity index is 0.00000104. The number of nitrogens with zero attached hydrogens (tertiary/aromatic N) is 4. The van der Waals surface area contributed by atoms with E-state index in [0.717, 1.165) is 29.6 Å². The zero-order chi connectivity index (χ0) is 31.6. The maximum absolute atomic E-state index is 13.8. The molecule has 230 valence electrons. The number of allylic oxidation sites excluding steroid dienone is 2. The van der Waals surface area contributed by atoms with Gasteiger partial charge < -0.3 is 20.5 Å². The first kappa shape index (κ1) is 32.4. The fourth-order valence-electron chi connectivity index (χ4n) is 4.78. The molecule has 2 aliphatic rings. The van der Waals surface area contributed by atoms with Gasteiger partial charge in [-0.15, -0.1) is 0 Å². The molecule has 1 aliphatic heterocycles. The number of hydrogen-bond donors (Lipinski definition) is 3. The number of benzene rings is 2. The smallest absolute Gasteiger partial charge is 0.300 e. The van der Waals surface area contributed by atoms with Gasteiger partial charge in [-0.2, -0.15) is 16.7 Å². The van der Waals surface area contributed by atoms with E-state index in [0.29, 0.717) is 36.7 Å². The molecule has 2 aromatic carbocycles. The highest BCUT2D eigenvalue weighted by Crippen LogP contribution is 2.32. The minimum Gasteiger partial charge on any atom is -0.497 e. The fraction of sp³-hybridized carbons (Fsp3) is 0.281. The number of carboxylic acid groups (broad SMARTS) is 1. The van der Waals surface area contributed by atoms with Crippen molar-refractivity contribution in [3.05, 3.63) is 90.1 Å². The van der Waals surface area contributed by atoms with E-state index >= 15 is 0 Å². The highest BCUT2D eigenvalue weighted by atomic mass is 32.2. The van der Waals surface area contributed by atoms with Crippen LogP contribution in [-0.2, 0) is 20.9 Å². The molecule has 44 heavy (non-hydrogen) atoms. The van der Waals surface area contributed by atoms with Crippen LogP contribution in [0.5, 0.6) is 5.75 Å². The third-order valence-electron chi connectivity index (χ3n) is 6.91. The monoisotopic (exact) mass is 616 g/mol. The number of carbonyl (C=O) groups excluding carboxylic acids is 2. The van der Waals surface area contributed by atoms with Gasteiger partial charge in [0.2, 0.25) is 5.95 Å². The van der Waals surface area contributed by atoms with Crippen LogP contribution in [0.3, 0.4) is 0 Å². The molecule has 0 saturated carbocycles. The predicted octanol–water partition coefficient (Wildman–Crippen LogP) is 3.78. The number of hydrogen-bond acceptors (Lipinski definition) is 10. The fourth-order valence-corrected chi connectivity index (χ4v) is 5.27. The first-order valence-electron chi connectivity index (χ1n) is 14.0. The zero-order valence-corrected chi connectivity index (χ0v) is 25.7. The molecule has 0 fully saturated rings. The number of thioether (sulfide) groups is 1. The predicted molar refractivity (Wildman–Crippen MR) is 173 cm³/mol. The van der Waals surface area contributed by atoms with Crippen LogP contribution in [-0.4, -0.2) is 70.6 Å². The van der Waals surface area contributed by atoms with Crippen molar-refractivity contribution in [2.75, 3.05) is 35.6 Å². The molecule has 0 spiro atoms. The quantitative estimate of drug-likeness (QED) is 0.322. The summed E-state index contributed by atoms with van der Waals surface area (Å²) < 4.78 is 5.27. The lowest BCUT2D eigenvalue weighted by atomic mass is 9.92. The van der Waals surface area contributed by atoms with Gasteiger partial charge in [-0.25, -0.2) is 9.88 Å². The Bertz CT molecular complexity index is 1530. The number of aliphatic carboxylic acids is 1. The molecule has 5 rings (SSSR count). The van der Waals surface area contributed by atoms with Crippen LogP contribution >= 0.6 is 11.8 Å². The van der Waals surface area contributed by atoms with Crippen LogP contribution < -0.4 is 25.6 Å². The van der Waals surface area contributed by atoms with Crippen LogP contribution in [0, 0.1) is 0 Å². The summed E-state index contributed by atoms with van der Waals surface area (Å²) in [6.45, 7) is 2.04. The molecule has 3 aromatic rings. The topological polar surface area (TPSA) is 151 Å². The molecule has 4 N–H and O–H groups in total. The van der Waals surface area contributed by atoms with E-state index in [1.165, 1.54) is 4.90 Å². The number of ether oxygens (including phenoxy) is 1. The maximum atomic E-state index is 13.8. The van der Waals surface area contributed by atoms with Gasteiger partial charge in [-0.3, -0.25) is 19.7 Å². The Kier molecular flexibility index (Phi) is 11.2. The number of nitrogens with one attached hydrogen (secondary N) is 1. The molecule has 1 amide bonds. The van der Waals surface area contributed by atoms with Gasteiger partial charge in [0, 0.05) is 30.8 Å². The summed E-state index contributed by atoms with van der Waals surface area (Å²) in [5.74, 6) is 1.16. The van der Waals surface area contributed by atoms with Gasteiger partial charge in [0.25, 0.3) is 11.9 Å². The standard InChI is InChI=1S/C30H32N6O3S.C2H4O2/c1-39-23-13-11-20(12-14-23)24-9-6-10-26(27(24)37)35-19-32-17-21-18-33-30(34-28(21)35)36(22-7-4-3-5-8-22)29(38)25(31)15-16-40-2;1-2(3)4/h3-14,18,25-26,32H,15-17,19,31H2,1-2H3;1H3,(H,3,4)/t25-,26?;/m0./s1. The molecule has 2 heterocycles. The number of para-hydroxylation sites is 1. The van der Waals surface area contributed by atoms with Gasteiger partial charge in [0.05, 0.1) is 25.5 Å². The van der Waals surface area contributed by atoms with Crippen LogP contribution in [0.2, 0.25) is 0 Å². The second kappa shape index (κ2) is 15.3. The lowest BCUT2D eigenvalue weighted by molar-refractivity contribution is -0.134. The number of ketones is 1. The van der Waals surface area contributed by atoms with Crippen molar-refractivity contribution in [3.63, 3.8) is 0 Å². The second-order valence-corrected chi connectivity index (χ2v) is 11.0. The Morgan fingerprint density at radius 3 is 2.57 bits per heavy atom. The van der Waals surface area contributed by atoms with E-state index in [1.54, 1.807) is 25.1 Å². The molecule has 2 atom stereocenters. The summed E-state index contributed by atoms with van der Waals surface area (Å²) in [6, 6.07) is 15.4. The van der Waals surface area contributed by atoms with E-state index in [-0.39, 0.29) is 17.6 Å². The number of aromatic nitrogens is 2. The van der Waals surface area contributed by atoms with Crippen molar-refractivity contribution in [3.8, 4) is 5.75 Å². The number of carbonyl (C=O) groups is 3. The Morgan fingerprint density at radius 1 is 1.20 bits per heavy atom. The average molecular weight is 617 g/mol. The third kappa shape index (κ3) is 7.70. The molecule has 1 aromatic heterocycles. The van der Waals surface area contributed by atoms with Crippen molar-refractivity contribution in [2.45, 2.75) is 32.0 Å². The molecule has 1 aliphatic carbocycles. The number of fused-ring (bicyclic) bond motifs is 1. The average Bonchev–Trinajstić information content (AvgIpc) is 3.04. The number of anilines is 3. The summed E-state index contributed by atoms with van der Waals surface area (Å²) in [5, 5.41) is 10.8. The normalized spacial score (nSPS) is 16.2. The molecule has 11 nitrogen and oxygen atoms in total. The third-order valence-corrected chi connectivity index (χ3v) is 7.55. The van der Waals surface area contributed by atoms with E-state index in [4.69, 9.17) is 25.4 Å². The Labute approximate surface area is 260 Å². The lowest BCUT2D eigenvalue weighted by Gasteiger charge is -2.36. The first-order chi connectivity index (χ1) is 21.2. The zero-order valence-electron chi connectivity index (χ0n) is 24.8. The maximum Gasteiger partial charge on any atom is 0.300 e. The largest absolute Gasteiger partial charge is 0.497 e. The number of nitrogens with two attached hydrogens (primary N) is 1. The highest BCUT2D eigenvalue weighted by Gasteiger charge is 2.34. The molecular weight excluding hydrogens is 580 g/mol. The minimum absolute atomic E-state index is 0.0439. The molecular formula is C32H36N6O5S. The summed E-state index contributed by atoms with van der Waals surface area (Å²) >= 11 is 1.64.